The van der Waals surface area contributed by atoms with Gasteiger partial charge in [-0.2, -0.15) is 0 Å². The number of allylic oxidation sites excluding steroid dienone is 3. The first-order valence-electron chi connectivity index (χ1n) is 19.0. The van der Waals surface area contributed by atoms with Crippen LogP contribution in [0.25, 0.3) is 44.4 Å². The number of nitrogens with one attached hydrogen (secondary N) is 2. The number of esters is 4. The van der Waals surface area contributed by atoms with Gasteiger partial charge in [0, 0.05) is 51.7 Å². The van der Waals surface area contributed by atoms with Gasteiger partial charge in [-0.25, -0.2) is 9.97 Å². The third kappa shape index (κ3) is 10.1. The van der Waals surface area contributed by atoms with Crippen LogP contribution in [0.2, 0.25) is 0 Å². The zero-order chi connectivity index (χ0) is 46.1. The highest BCUT2D eigenvalue weighted by molar-refractivity contribution is 9.11. The van der Waals surface area contributed by atoms with E-state index >= 15 is 0 Å². The monoisotopic (exact) mass is 1110 g/mol. The van der Waals surface area contributed by atoms with E-state index in [2.05, 4.69) is 73.7 Å². The van der Waals surface area contributed by atoms with E-state index in [-0.39, 0.29) is 44.6 Å². The minimum Gasteiger partial charge on any atom is -0.481 e. The first-order chi connectivity index (χ1) is 29.0. The van der Waals surface area contributed by atoms with E-state index in [1.54, 1.807) is 20.8 Å². The molecule has 2 atom stereocenters. The minimum atomic E-state index is -1.17. The lowest BCUT2D eigenvalue weighted by Crippen LogP contribution is -2.25. The number of rotatable bonds is 14. The number of H-pyrrole nitrogens is 2. The molecular formula is C42H42Br4N4O12. The van der Waals surface area contributed by atoms with Gasteiger partial charge in [-0.15, -0.1) is 0 Å². The predicted octanol–water partition coefficient (Wildman–Crippen LogP) is 9.39. The van der Waals surface area contributed by atoms with Crippen molar-refractivity contribution in [2.24, 2.45) is 0 Å². The predicted molar refractivity (Wildman–Crippen MR) is 242 cm³/mol. The van der Waals surface area contributed by atoms with Crippen LogP contribution >= 0.6 is 63.7 Å². The molecule has 330 valence electrons. The second-order valence-corrected chi connectivity index (χ2v) is 17.7. The summed E-state index contributed by atoms with van der Waals surface area (Å²) in [5.41, 5.74) is 7.53. The second kappa shape index (κ2) is 19.8. The number of carbonyl (C=O) groups excluding carboxylic acids is 4. The van der Waals surface area contributed by atoms with Crippen LogP contribution < -0.4 is 0 Å². The van der Waals surface area contributed by atoms with Crippen LogP contribution in [0.15, 0.2) is 17.9 Å². The number of nitrogens with zero attached hydrogens (tertiary/aromatic N) is 2. The molecule has 3 aromatic heterocycles. The van der Waals surface area contributed by atoms with Gasteiger partial charge in [-0.05, 0) is 138 Å². The Hall–Kier alpha value is -4.66. The van der Waals surface area contributed by atoms with Crippen molar-refractivity contribution in [3.05, 3.63) is 62.9 Å². The van der Waals surface area contributed by atoms with Crippen molar-refractivity contribution >= 4 is 144 Å². The third-order valence-electron chi connectivity index (χ3n) is 10.3. The summed E-state index contributed by atoms with van der Waals surface area (Å²) in [6, 6.07) is 0. The molecule has 20 heteroatoms. The Bertz CT molecular complexity index is 2680. The number of carboxylic acid groups (broad SMARTS) is 2. The van der Waals surface area contributed by atoms with Crippen molar-refractivity contribution < 1.29 is 57.9 Å². The number of halogens is 4. The Balaban J connectivity index is 2.13. The van der Waals surface area contributed by atoms with Gasteiger partial charge in [-0.3, -0.25) is 28.8 Å². The Morgan fingerprint density at radius 2 is 1.02 bits per heavy atom. The number of fused-ring (bicyclic) bond motifs is 8. The number of aromatic amines is 2. The number of hydrogen-bond acceptors (Lipinski definition) is 12. The van der Waals surface area contributed by atoms with Gasteiger partial charge >= 0.3 is 35.8 Å². The van der Waals surface area contributed by atoms with Crippen LogP contribution in [0.3, 0.4) is 0 Å². The van der Waals surface area contributed by atoms with Crippen LogP contribution in [-0.4, -0.2) is 85.3 Å². The Morgan fingerprint density at radius 1 is 0.565 bits per heavy atom. The lowest BCUT2D eigenvalue weighted by Gasteiger charge is -2.20. The van der Waals surface area contributed by atoms with Gasteiger partial charge in [-0.1, -0.05) is 0 Å². The molecule has 0 saturated carbocycles. The molecule has 8 bridgehead atoms. The summed E-state index contributed by atoms with van der Waals surface area (Å²) in [5.74, 6) is -4.61. The fourth-order valence-electron chi connectivity index (χ4n) is 7.45. The first-order valence-corrected chi connectivity index (χ1v) is 22.2. The van der Waals surface area contributed by atoms with Crippen LogP contribution in [0.4, 0.5) is 0 Å². The molecular weight excluding hydrogens is 1070 g/mol. The van der Waals surface area contributed by atoms with E-state index in [0.717, 1.165) is 0 Å². The van der Waals surface area contributed by atoms with Gasteiger partial charge < -0.3 is 39.1 Å². The molecule has 0 fully saturated rings. The second-order valence-electron chi connectivity index (χ2n) is 14.5. The van der Waals surface area contributed by atoms with Crippen molar-refractivity contribution in [3.63, 3.8) is 0 Å². The highest BCUT2D eigenvalue weighted by Gasteiger charge is 2.34. The molecule has 2 aliphatic heterocycles. The Morgan fingerprint density at radius 3 is 1.58 bits per heavy atom. The number of aromatic nitrogens is 4. The maximum atomic E-state index is 12.6. The number of carboxylic acids is 2. The molecule has 16 nitrogen and oxygen atoms in total. The SMILES string of the molecule is CC(=O)OCC(OC(C)=O)C1=C(C)c2nc1c(Br)c1[nH]c(c(Br)c3nc(c(Br)c4[nH]c(c2Br)c(C(COC(C)=O)OC(C)=O)c4C)C(C)=C3CCC(=O)O)c(CCC(=O)O)c1C. The van der Waals surface area contributed by atoms with Gasteiger partial charge in [0.2, 0.25) is 0 Å². The summed E-state index contributed by atoms with van der Waals surface area (Å²) < 4.78 is 24.0. The van der Waals surface area contributed by atoms with Gasteiger partial charge in [0.25, 0.3) is 0 Å². The quantitative estimate of drug-likeness (QED) is 0.0869. The first kappa shape index (κ1) is 48.4. The molecule has 5 heterocycles. The smallest absolute Gasteiger partial charge is 0.303 e. The van der Waals surface area contributed by atoms with Crippen molar-refractivity contribution in [3.8, 4) is 0 Å². The van der Waals surface area contributed by atoms with E-state index in [1.165, 1.54) is 27.7 Å². The summed E-state index contributed by atoms with van der Waals surface area (Å²) in [5, 5.41) is 19.6. The third-order valence-corrected chi connectivity index (χ3v) is 13.3. The van der Waals surface area contributed by atoms with Crippen LogP contribution in [-0.2, 0) is 54.1 Å². The molecule has 2 aliphatic rings. The lowest BCUT2D eigenvalue weighted by molar-refractivity contribution is -0.156. The molecule has 0 radical (unpaired) electrons. The van der Waals surface area contributed by atoms with Crippen LogP contribution in [0, 0.1) is 13.8 Å². The average Bonchev–Trinajstić information content (AvgIpc) is 3.91. The molecule has 5 rings (SSSR count). The number of ether oxygens (including phenoxy) is 4. The summed E-state index contributed by atoms with van der Waals surface area (Å²) in [6.07, 6.45) is -2.58. The largest absolute Gasteiger partial charge is 0.481 e. The molecule has 0 spiro atoms. The zero-order valence-corrected chi connectivity index (χ0v) is 41.1. The number of aryl methyl sites for hydroxylation is 3. The fourth-order valence-corrected chi connectivity index (χ4v) is 10.3. The molecule has 4 N–H and O–H groups in total. The summed E-state index contributed by atoms with van der Waals surface area (Å²) in [7, 11) is 0. The van der Waals surface area contributed by atoms with Crippen molar-refractivity contribution in [2.75, 3.05) is 13.2 Å². The van der Waals surface area contributed by atoms with Crippen molar-refractivity contribution in [1.29, 1.82) is 0 Å². The standard InChI is InChI=1S/C42H42Br4N4O12/c1-15-23(9-11-27(55)56)39-34(46)40-24(10-12-28(57)58)16(2)36(48-40)32(44)41-30(26(62-22(8)54)14-60-20(6)52)18(4)38(50-41)33(45)42-29(25(61-21(7)53)13-59-19(5)51)17(3)37(49-42)31(43)35(15)47-39/h25-26,48-49H,9-14H2,1-8H3,(H,55,56)(H,57,58). The summed E-state index contributed by atoms with van der Waals surface area (Å²) >= 11 is 15.2. The van der Waals surface area contributed by atoms with Crippen molar-refractivity contribution in [1.82, 2.24) is 19.9 Å². The fraction of sp³-hybridized carbons (Fsp3) is 0.381. The van der Waals surface area contributed by atoms with E-state index in [9.17, 15) is 39.0 Å². The minimum absolute atomic E-state index is 0.0879. The highest BCUT2D eigenvalue weighted by atomic mass is 79.9. The molecule has 0 aliphatic carbocycles. The molecule has 3 aromatic rings. The Labute approximate surface area is 388 Å². The maximum absolute atomic E-state index is 12.6. The normalized spacial score (nSPS) is 13.5. The summed E-state index contributed by atoms with van der Waals surface area (Å²) in [6.45, 7) is 11.3. The van der Waals surface area contributed by atoms with Gasteiger partial charge in [0.1, 0.15) is 13.2 Å². The molecule has 0 saturated heterocycles. The number of carbonyl (C=O) groups is 6. The maximum Gasteiger partial charge on any atom is 0.303 e. The van der Waals surface area contributed by atoms with E-state index in [0.29, 0.717) is 102 Å². The van der Waals surface area contributed by atoms with Gasteiger partial charge in [0.15, 0.2) is 12.2 Å². The molecule has 0 amide bonds. The van der Waals surface area contributed by atoms with E-state index < -0.39 is 48.0 Å². The van der Waals surface area contributed by atoms with Crippen LogP contribution in [0.5, 0.6) is 0 Å². The average molecular weight is 1110 g/mol. The Kier molecular flexibility index (Phi) is 15.5. The topological polar surface area (TPSA) is 237 Å². The zero-order valence-electron chi connectivity index (χ0n) is 34.8. The number of aliphatic carboxylic acids is 2. The number of hydrogen-bond donors (Lipinski definition) is 4. The molecule has 2 unspecified atom stereocenters. The van der Waals surface area contributed by atoms with E-state index in [4.69, 9.17) is 28.9 Å². The molecule has 0 aromatic carbocycles. The van der Waals surface area contributed by atoms with Crippen LogP contribution in [0.1, 0.15) is 112 Å². The van der Waals surface area contributed by atoms with E-state index in [1.807, 2.05) is 6.92 Å². The molecule has 62 heavy (non-hydrogen) atoms. The lowest BCUT2D eigenvalue weighted by atomic mass is 9.99. The van der Waals surface area contributed by atoms with Gasteiger partial charge in [0.05, 0.1) is 62.7 Å². The summed E-state index contributed by atoms with van der Waals surface area (Å²) in [4.78, 5) is 90.6. The van der Waals surface area contributed by atoms with Crippen molar-refractivity contribution in [2.45, 2.75) is 93.3 Å². The highest BCUT2D eigenvalue weighted by Crippen LogP contribution is 2.47.